The molecule has 0 amide bonds. The minimum Gasteiger partial charge on any atom is -0.335 e. The number of hydrogen-bond acceptors (Lipinski definition) is 5. The Morgan fingerprint density at radius 3 is 2.77 bits per heavy atom. The highest BCUT2D eigenvalue weighted by atomic mass is 15.5. The van der Waals surface area contributed by atoms with Crippen molar-refractivity contribution in [1.82, 2.24) is 14.6 Å². The van der Waals surface area contributed by atoms with Crippen LogP contribution in [0.15, 0.2) is 81.6 Å². The molecule has 0 bridgehead atoms. The fraction of sp³-hybridized carbons (Fsp3) is 0.333. The number of nitrogens with zero attached hydrogens (tertiary/aromatic N) is 6. The average molecular weight is 403 g/mol. The number of pyridine rings is 2. The number of aliphatic imine (C=N–C) groups is 1. The molecule has 1 aliphatic rings. The van der Waals surface area contributed by atoms with E-state index in [9.17, 15) is 0 Å². The van der Waals surface area contributed by atoms with Gasteiger partial charge in [0.25, 0.3) is 0 Å². The summed E-state index contributed by atoms with van der Waals surface area (Å²) in [5, 5.41) is 7.58. The molecule has 0 radical (unpaired) electrons. The van der Waals surface area contributed by atoms with Gasteiger partial charge >= 0.3 is 0 Å². The van der Waals surface area contributed by atoms with Crippen LogP contribution in [0.1, 0.15) is 47.0 Å². The van der Waals surface area contributed by atoms with E-state index in [1.54, 1.807) is 5.01 Å². The van der Waals surface area contributed by atoms with Crippen LogP contribution in [0.5, 0.6) is 0 Å². The summed E-state index contributed by atoms with van der Waals surface area (Å²) < 4.78 is 2.04. The Balaban J connectivity index is 1.84. The fourth-order valence-corrected chi connectivity index (χ4v) is 3.41. The zero-order chi connectivity index (χ0) is 21.7. The van der Waals surface area contributed by atoms with E-state index in [0.29, 0.717) is 5.82 Å². The highest BCUT2D eigenvalue weighted by Crippen LogP contribution is 2.19. The lowest BCUT2D eigenvalue weighted by Crippen LogP contribution is -2.20. The van der Waals surface area contributed by atoms with E-state index < -0.39 is 0 Å². The minimum absolute atomic E-state index is 0.649. The molecule has 30 heavy (non-hydrogen) atoms. The summed E-state index contributed by atoms with van der Waals surface area (Å²) in [5.41, 5.74) is 5.91. The van der Waals surface area contributed by atoms with E-state index >= 15 is 0 Å². The van der Waals surface area contributed by atoms with Gasteiger partial charge < -0.3 is 4.57 Å². The molecule has 0 spiro atoms. The summed E-state index contributed by atoms with van der Waals surface area (Å²) in [6.45, 7) is 12.2. The maximum Gasteiger partial charge on any atom is 0.146 e. The van der Waals surface area contributed by atoms with Crippen LogP contribution in [0.3, 0.4) is 0 Å². The Bertz CT molecular complexity index is 1140. The Morgan fingerprint density at radius 1 is 1.23 bits per heavy atom. The third kappa shape index (κ3) is 5.00. The Labute approximate surface area is 178 Å². The lowest BCUT2D eigenvalue weighted by atomic mass is 10.1. The van der Waals surface area contributed by atoms with Gasteiger partial charge in [-0.3, -0.25) is 4.98 Å². The molecule has 2 aromatic rings. The molecule has 0 N–H and O–H groups in total. The molecule has 6 heteroatoms. The maximum absolute atomic E-state index is 5.00. The molecular formula is C24H30N6. The second kappa shape index (κ2) is 9.48. The van der Waals surface area contributed by atoms with Crippen molar-refractivity contribution in [2.75, 3.05) is 0 Å². The van der Waals surface area contributed by atoms with E-state index in [0.717, 1.165) is 58.5 Å². The van der Waals surface area contributed by atoms with Crippen molar-refractivity contribution in [3.05, 3.63) is 72.0 Å². The highest BCUT2D eigenvalue weighted by Gasteiger charge is 2.13. The van der Waals surface area contributed by atoms with Gasteiger partial charge in [-0.15, -0.1) is 0 Å². The Kier molecular flexibility index (Phi) is 6.77. The van der Waals surface area contributed by atoms with Gasteiger partial charge in [0.05, 0.1) is 5.52 Å². The number of hydrogen-bond donors (Lipinski definition) is 0. The summed E-state index contributed by atoms with van der Waals surface area (Å²) >= 11 is 0. The van der Waals surface area contributed by atoms with E-state index in [4.69, 9.17) is 10.1 Å². The van der Waals surface area contributed by atoms with E-state index in [-0.39, 0.29) is 0 Å². The number of aryl methyl sites for hydroxylation is 1. The van der Waals surface area contributed by atoms with Gasteiger partial charge in [0.2, 0.25) is 0 Å². The quantitative estimate of drug-likeness (QED) is 0.633. The first kappa shape index (κ1) is 21.4. The van der Waals surface area contributed by atoms with Crippen LogP contribution in [0, 0.1) is 0 Å². The first-order valence-electron chi connectivity index (χ1n) is 10.3. The van der Waals surface area contributed by atoms with Crippen LogP contribution < -0.4 is 5.49 Å². The molecule has 0 fully saturated rings. The molecule has 2 aromatic heterocycles. The molecule has 0 saturated heterocycles. The third-order valence-corrected chi connectivity index (χ3v) is 4.87. The van der Waals surface area contributed by atoms with Crippen LogP contribution in [-0.2, 0) is 7.05 Å². The van der Waals surface area contributed by atoms with Crippen LogP contribution in [-0.4, -0.2) is 26.0 Å². The molecule has 3 heterocycles. The van der Waals surface area contributed by atoms with Crippen LogP contribution in [0.4, 0.5) is 0 Å². The van der Waals surface area contributed by atoms with Crippen molar-refractivity contribution < 1.29 is 0 Å². The topological polar surface area (TPSA) is 58.1 Å². The summed E-state index contributed by atoms with van der Waals surface area (Å²) in [4.78, 5) is 13.9. The predicted molar refractivity (Wildman–Crippen MR) is 125 cm³/mol. The van der Waals surface area contributed by atoms with Crippen molar-refractivity contribution >= 4 is 22.3 Å². The molecule has 0 aromatic carbocycles. The zero-order valence-electron chi connectivity index (χ0n) is 18.6. The predicted octanol–water partition coefficient (Wildman–Crippen LogP) is 5.08. The monoisotopic (exact) mass is 402 g/mol. The summed E-state index contributed by atoms with van der Waals surface area (Å²) in [6.07, 6.45) is 10.6. The van der Waals surface area contributed by atoms with Gasteiger partial charge in [-0.25, -0.2) is 15.0 Å². The number of hydrazone groups is 1. The summed E-state index contributed by atoms with van der Waals surface area (Å²) in [6, 6.07) is 6.03. The van der Waals surface area contributed by atoms with Gasteiger partial charge in [-0.05, 0) is 64.3 Å². The number of allylic oxidation sites excluding steroid dienone is 4. The lowest BCUT2D eigenvalue weighted by molar-refractivity contribution is 0.447. The number of rotatable bonds is 6. The molecule has 0 unspecified atom stereocenters. The first-order chi connectivity index (χ1) is 14.4. The Hall–Kier alpha value is -3.28. The van der Waals surface area contributed by atoms with Crippen molar-refractivity contribution in [3.8, 4) is 0 Å². The standard InChI is InChI=1S/C24H30N6/c1-7-9-21(27-24-22-10-8-14-25-23(22)13-15-29(24)6)12-11-17(2)28-30-19(4)16-18(3)26-20(30)5/h8-10,13-16H,5,7,11-12H2,1-4,6H3/b21-9-,27-24-,28-17+. The first-order valence-corrected chi connectivity index (χ1v) is 10.3. The largest absolute Gasteiger partial charge is 0.335 e. The van der Waals surface area contributed by atoms with E-state index in [1.807, 2.05) is 63.0 Å². The molecule has 6 nitrogen and oxygen atoms in total. The van der Waals surface area contributed by atoms with Crippen molar-refractivity contribution in [2.24, 2.45) is 22.1 Å². The van der Waals surface area contributed by atoms with Gasteiger partial charge in [-0.1, -0.05) is 19.6 Å². The van der Waals surface area contributed by atoms with Gasteiger partial charge in [0, 0.05) is 47.6 Å². The van der Waals surface area contributed by atoms with E-state index in [2.05, 4.69) is 35.6 Å². The maximum atomic E-state index is 5.00. The van der Waals surface area contributed by atoms with Crippen molar-refractivity contribution in [1.29, 1.82) is 0 Å². The third-order valence-electron chi connectivity index (χ3n) is 4.87. The van der Waals surface area contributed by atoms with Crippen molar-refractivity contribution in [3.63, 3.8) is 0 Å². The normalized spacial score (nSPS) is 16.2. The molecule has 0 aliphatic carbocycles. The molecule has 0 atom stereocenters. The number of fused-ring (bicyclic) bond motifs is 1. The van der Waals surface area contributed by atoms with Crippen LogP contribution in [0.25, 0.3) is 10.9 Å². The van der Waals surface area contributed by atoms with Crippen LogP contribution >= 0.6 is 0 Å². The summed E-state index contributed by atoms with van der Waals surface area (Å²) in [5.74, 6) is 0.649. The van der Waals surface area contributed by atoms with E-state index in [1.165, 1.54) is 0 Å². The second-order valence-electron chi connectivity index (χ2n) is 7.50. The highest BCUT2D eigenvalue weighted by molar-refractivity contribution is 5.95. The molecule has 156 valence electrons. The zero-order valence-corrected chi connectivity index (χ0v) is 18.6. The molecule has 1 aliphatic heterocycles. The lowest BCUT2D eigenvalue weighted by Gasteiger charge is -2.23. The summed E-state index contributed by atoms with van der Waals surface area (Å²) in [7, 11) is 2.02. The van der Waals surface area contributed by atoms with Gasteiger partial charge in [0.15, 0.2) is 0 Å². The number of aromatic nitrogens is 2. The fourth-order valence-electron chi connectivity index (χ4n) is 3.41. The Morgan fingerprint density at radius 2 is 2.03 bits per heavy atom. The molecule has 0 saturated carbocycles. The smallest absolute Gasteiger partial charge is 0.146 e. The minimum atomic E-state index is 0.649. The van der Waals surface area contributed by atoms with Crippen LogP contribution in [0.2, 0.25) is 0 Å². The second-order valence-corrected chi connectivity index (χ2v) is 7.50. The van der Waals surface area contributed by atoms with Crippen molar-refractivity contribution in [2.45, 2.75) is 47.0 Å². The SMILES string of the molecule is C=C1N=C(C)C=C(C)N1/N=C(\C)CCC(=C/CC)/N=c1/c2cccnc2ccn1C. The van der Waals surface area contributed by atoms with Gasteiger partial charge in [-0.2, -0.15) is 5.10 Å². The molecule has 3 rings (SSSR count). The average Bonchev–Trinajstić information content (AvgIpc) is 2.71. The van der Waals surface area contributed by atoms with Gasteiger partial charge in [0.1, 0.15) is 11.3 Å². The molecular weight excluding hydrogens is 372 g/mol.